The summed E-state index contributed by atoms with van der Waals surface area (Å²) in [5.41, 5.74) is 4.59. The van der Waals surface area contributed by atoms with Gasteiger partial charge < -0.3 is 13.9 Å². The Balaban J connectivity index is 1.40. The first-order chi connectivity index (χ1) is 18.2. The summed E-state index contributed by atoms with van der Waals surface area (Å²) in [6.45, 7) is 0. The zero-order chi connectivity index (χ0) is 25.2. The Morgan fingerprint density at radius 2 is 1.41 bits per heavy atom. The minimum atomic E-state index is -1.18. The second kappa shape index (κ2) is 9.91. The molecule has 4 nitrogen and oxygen atoms in total. The number of benzene rings is 4. The third-order valence-electron chi connectivity index (χ3n) is 6.78. The smallest absolute Gasteiger partial charge is 0.305 e. The number of hydrogen-bond donors (Lipinski definition) is 0. The van der Waals surface area contributed by atoms with Gasteiger partial charge in [0.15, 0.2) is 11.3 Å². The van der Waals surface area contributed by atoms with Crippen LogP contribution in [0, 0.1) is 0 Å². The van der Waals surface area contributed by atoms with Crippen LogP contribution in [0.2, 0.25) is 0 Å². The van der Waals surface area contributed by atoms with Crippen LogP contribution < -0.4 is 14.9 Å². The average Bonchev–Trinajstić information content (AvgIpc) is 3.37. The van der Waals surface area contributed by atoms with Crippen LogP contribution in [0.15, 0.2) is 113 Å². The molecule has 1 aromatic heterocycles. The van der Waals surface area contributed by atoms with Crippen molar-refractivity contribution in [3.8, 4) is 22.6 Å². The number of ether oxygens (including phenoxy) is 2. The molecular formula is C32H25BrO4. The highest BCUT2D eigenvalue weighted by Gasteiger charge is 2.46. The molecule has 0 saturated heterocycles. The van der Waals surface area contributed by atoms with Gasteiger partial charge in [0.05, 0.1) is 10.9 Å². The van der Waals surface area contributed by atoms with Gasteiger partial charge in [-0.3, -0.25) is 4.79 Å². The van der Waals surface area contributed by atoms with E-state index in [1.54, 1.807) is 12.1 Å². The Morgan fingerprint density at radius 3 is 2.05 bits per heavy atom. The van der Waals surface area contributed by atoms with Gasteiger partial charge in [0.2, 0.25) is 11.2 Å². The van der Waals surface area contributed by atoms with Crippen molar-refractivity contribution in [1.82, 2.24) is 0 Å². The van der Waals surface area contributed by atoms with Crippen LogP contribution in [0.5, 0.6) is 11.5 Å². The molecule has 6 rings (SSSR count). The number of fused-ring (bicyclic) bond motifs is 3. The predicted molar refractivity (Wildman–Crippen MR) is 150 cm³/mol. The van der Waals surface area contributed by atoms with E-state index in [1.807, 2.05) is 72.8 Å². The lowest BCUT2D eigenvalue weighted by Crippen LogP contribution is -2.36. The van der Waals surface area contributed by atoms with E-state index in [0.717, 1.165) is 41.3 Å². The largest absolute Gasteiger partial charge is 0.459 e. The van der Waals surface area contributed by atoms with E-state index in [9.17, 15) is 4.79 Å². The van der Waals surface area contributed by atoms with Crippen molar-refractivity contribution < 1.29 is 13.9 Å². The lowest BCUT2D eigenvalue weighted by atomic mass is 9.97. The van der Waals surface area contributed by atoms with Crippen molar-refractivity contribution >= 4 is 26.9 Å². The molecule has 184 valence electrons. The highest BCUT2D eigenvalue weighted by Crippen LogP contribution is 2.50. The molecule has 0 unspecified atom stereocenters. The molecule has 0 radical (unpaired) electrons. The van der Waals surface area contributed by atoms with Gasteiger partial charge in [0, 0.05) is 16.5 Å². The number of unbranched alkanes of at least 4 members (excludes halogenated alkanes) is 1. The topological polar surface area (TPSA) is 48.7 Å². The van der Waals surface area contributed by atoms with E-state index in [0.29, 0.717) is 28.0 Å². The molecular weight excluding hydrogens is 528 g/mol. The first-order valence-corrected chi connectivity index (χ1v) is 13.5. The number of halogens is 1. The molecule has 0 saturated carbocycles. The maximum atomic E-state index is 13.6. The van der Waals surface area contributed by atoms with Crippen molar-refractivity contribution in [2.75, 3.05) is 5.33 Å². The van der Waals surface area contributed by atoms with E-state index >= 15 is 0 Å². The minimum Gasteiger partial charge on any atom is -0.459 e. The van der Waals surface area contributed by atoms with E-state index in [2.05, 4.69) is 28.1 Å². The van der Waals surface area contributed by atoms with E-state index in [-0.39, 0.29) is 5.43 Å². The van der Waals surface area contributed by atoms with E-state index in [4.69, 9.17) is 13.9 Å². The van der Waals surface area contributed by atoms with Crippen molar-refractivity contribution in [1.29, 1.82) is 0 Å². The normalized spacial score (nSPS) is 13.6. The molecule has 0 aliphatic carbocycles. The first kappa shape index (κ1) is 23.6. The summed E-state index contributed by atoms with van der Waals surface area (Å²) in [6.07, 6.45) is 4.82. The van der Waals surface area contributed by atoms with Gasteiger partial charge >= 0.3 is 5.79 Å². The summed E-state index contributed by atoms with van der Waals surface area (Å²) in [4.78, 5) is 13.6. The fraction of sp³-hybridized carbons (Fsp3) is 0.156. The van der Waals surface area contributed by atoms with Gasteiger partial charge in [-0.05, 0) is 42.5 Å². The second-order valence-electron chi connectivity index (χ2n) is 9.14. The Hall–Kier alpha value is -3.83. The molecule has 5 heteroatoms. The van der Waals surface area contributed by atoms with Crippen LogP contribution in [0.25, 0.3) is 22.1 Å². The molecule has 0 fully saturated rings. The highest BCUT2D eigenvalue weighted by molar-refractivity contribution is 9.09. The second-order valence-corrected chi connectivity index (χ2v) is 9.94. The van der Waals surface area contributed by atoms with Gasteiger partial charge in [-0.25, -0.2) is 0 Å². The molecule has 37 heavy (non-hydrogen) atoms. The molecule has 0 atom stereocenters. The summed E-state index contributed by atoms with van der Waals surface area (Å²) in [5.74, 6) is -0.221. The van der Waals surface area contributed by atoms with Gasteiger partial charge in [-0.2, -0.15) is 0 Å². The van der Waals surface area contributed by atoms with Gasteiger partial charge in [0.1, 0.15) is 6.26 Å². The number of rotatable bonds is 7. The maximum absolute atomic E-state index is 13.6. The lowest BCUT2D eigenvalue weighted by Gasteiger charge is -2.28. The first-order valence-electron chi connectivity index (χ1n) is 12.4. The minimum absolute atomic E-state index is 0.100. The quantitative estimate of drug-likeness (QED) is 0.152. The monoisotopic (exact) mass is 552 g/mol. The summed E-state index contributed by atoms with van der Waals surface area (Å²) in [7, 11) is 0. The van der Waals surface area contributed by atoms with Crippen LogP contribution in [0.1, 0.15) is 29.5 Å². The van der Waals surface area contributed by atoms with Crippen molar-refractivity contribution in [2.24, 2.45) is 0 Å². The van der Waals surface area contributed by atoms with Crippen LogP contribution in [-0.4, -0.2) is 5.33 Å². The van der Waals surface area contributed by atoms with E-state index < -0.39 is 5.79 Å². The highest BCUT2D eigenvalue weighted by atomic mass is 79.9. The Labute approximate surface area is 223 Å². The molecule has 0 spiro atoms. The van der Waals surface area contributed by atoms with Crippen LogP contribution >= 0.6 is 15.9 Å². The van der Waals surface area contributed by atoms with Gasteiger partial charge in [-0.1, -0.05) is 101 Å². The van der Waals surface area contributed by atoms with Crippen LogP contribution in [-0.2, 0) is 12.2 Å². The number of alkyl halides is 1. The molecule has 0 amide bonds. The zero-order valence-electron chi connectivity index (χ0n) is 20.2. The van der Waals surface area contributed by atoms with Crippen molar-refractivity contribution in [3.63, 3.8) is 0 Å². The maximum Gasteiger partial charge on any atom is 0.305 e. The third kappa shape index (κ3) is 4.23. The molecule has 2 heterocycles. The summed E-state index contributed by atoms with van der Waals surface area (Å²) in [6, 6.07) is 31.3. The van der Waals surface area contributed by atoms with E-state index in [1.165, 1.54) is 11.8 Å². The standard InChI is InChI=1S/C32H25BrO4/c33-20-8-7-9-22-14-16-23(17-15-22)27-21-35-30-26(29(27)34)18-19-28-31(30)37-32(36-28,24-10-3-1-4-11-24)25-12-5-2-6-13-25/h1-6,10-19,21H,7-9,20H2. The predicted octanol–water partition coefficient (Wildman–Crippen LogP) is 7.85. The Kier molecular flexibility index (Phi) is 6.31. The third-order valence-corrected chi connectivity index (χ3v) is 7.34. The molecule has 0 bridgehead atoms. The number of aryl methyl sites for hydroxylation is 1. The van der Waals surface area contributed by atoms with Crippen LogP contribution in [0.3, 0.4) is 0 Å². The fourth-order valence-corrected chi connectivity index (χ4v) is 5.24. The van der Waals surface area contributed by atoms with Gasteiger partial charge in [-0.15, -0.1) is 0 Å². The number of hydrogen-bond acceptors (Lipinski definition) is 4. The van der Waals surface area contributed by atoms with Crippen molar-refractivity contribution in [2.45, 2.75) is 25.0 Å². The molecule has 5 aromatic rings. The van der Waals surface area contributed by atoms with Crippen LogP contribution in [0.4, 0.5) is 0 Å². The fourth-order valence-electron chi connectivity index (χ4n) is 4.84. The Morgan fingerprint density at radius 1 is 0.730 bits per heavy atom. The molecule has 1 aliphatic rings. The van der Waals surface area contributed by atoms with Crippen molar-refractivity contribution in [3.05, 3.63) is 130 Å². The molecule has 0 N–H and O–H groups in total. The summed E-state index contributed by atoms with van der Waals surface area (Å²) >= 11 is 3.48. The Bertz CT molecular complexity index is 1550. The van der Waals surface area contributed by atoms with Gasteiger partial charge in [0.25, 0.3) is 0 Å². The molecule has 1 aliphatic heterocycles. The summed E-state index contributed by atoms with van der Waals surface area (Å²) in [5, 5.41) is 1.47. The SMILES string of the molecule is O=c1c(-c2ccc(CCCCBr)cc2)coc2c3c(ccc12)OC(c1ccccc1)(c1ccccc1)O3. The lowest BCUT2D eigenvalue weighted by molar-refractivity contribution is -0.0456. The summed E-state index contributed by atoms with van der Waals surface area (Å²) < 4.78 is 19.2. The zero-order valence-corrected chi connectivity index (χ0v) is 21.7. The average molecular weight is 553 g/mol. The molecule has 4 aromatic carbocycles.